The van der Waals surface area contributed by atoms with Crippen molar-refractivity contribution in [2.75, 3.05) is 26.8 Å². The van der Waals surface area contributed by atoms with Crippen molar-refractivity contribution in [3.8, 4) is 0 Å². The first-order valence-electron chi connectivity index (χ1n) is 6.40. The van der Waals surface area contributed by atoms with Gasteiger partial charge >= 0.3 is 0 Å². The molecule has 4 N–H and O–H groups in total. The Labute approximate surface area is 109 Å². The predicted octanol–water partition coefficient (Wildman–Crippen LogP) is -0.227. The fourth-order valence-electron chi connectivity index (χ4n) is 1.37. The number of ether oxygens (including phenoxy) is 1. The SMILES string of the molecule is CCCC[C@H](N)C(=O)NCCC(=O)NCCOC. The van der Waals surface area contributed by atoms with Gasteiger partial charge in [0, 0.05) is 26.6 Å². The minimum atomic E-state index is -0.471. The number of carbonyl (C=O) groups excluding carboxylic acids is 2. The third-order valence-corrected chi connectivity index (χ3v) is 2.49. The Kier molecular flexibility index (Phi) is 10.3. The highest BCUT2D eigenvalue weighted by molar-refractivity contribution is 5.82. The maximum absolute atomic E-state index is 11.5. The Bertz CT molecular complexity index is 247. The smallest absolute Gasteiger partial charge is 0.236 e. The van der Waals surface area contributed by atoms with Crippen molar-refractivity contribution in [2.24, 2.45) is 5.73 Å². The topological polar surface area (TPSA) is 93.5 Å². The lowest BCUT2D eigenvalue weighted by Crippen LogP contribution is -2.42. The van der Waals surface area contributed by atoms with Gasteiger partial charge in [-0.15, -0.1) is 0 Å². The van der Waals surface area contributed by atoms with Gasteiger partial charge in [-0.2, -0.15) is 0 Å². The third kappa shape index (κ3) is 8.95. The van der Waals surface area contributed by atoms with Crippen LogP contribution >= 0.6 is 0 Å². The molecule has 0 aliphatic rings. The molecule has 0 spiro atoms. The second-order valence-corrected chi connectivity index (χ2v) is 4.13. The van der Waals surface area contributed by atoms with Crippen molar-refractivity contribution >= 4 is 11.8 Å². The zero-order chi connectivity index (χ0) is 13.8. The fraction of sp³-hybridized carbons (Fsp3) is 0.833. The summed E-state index contributed by atoms with van der Waals surface area (Å²) >= 11 is 0. The van der Waals surface area contributed by atoms with Crippen LogP contribution in [0, 0.1) is 0 Å². The maximum atomic E-state index is 11.5. The van der Waals surface area contributed by atoms with Crippen LogP contribution in [0.4, 0.5) is 0 Å². The van der Waals surface area contributed by atoms with Crippen molar-refractivity contribution < 1.29 is 14.3 Å². The summed E-state index contributed by atoms with van der Waals surface area (Å²) in [6, 6.07) is -0.471. The van der Waals surface area contributed by atoms with Gasteiger partial charge in [0.05, 0.1) is 12.6 Å². The molecular formula is C12H25N3O3. The van der Waals surface area contributed by atoms with E-state index in [9.17, 15) is 9.59 Å². The molecule has 0 bridgehead atoms. The van der Waals surface area contributed by atoms with E-state index in [-0.39, 0.29) is 18.2 Å². The molecule has 0 radical (unpaired) electrons. The van der Waals surface area contributed by atoms with Crippen molar-refractivity contribution in [2.45, 2.75) is 38.6 Å². The molecular weight excluding hydrogens is 234 g/mol. The van der Waals surface area contributed by atoms with Gasteiger partial charge in [0.1, 0.15) is 0 Å². The molecule has 0 aliphatic carbocycles. The van der Waals surface area contributed by atoms with Gasteiger partial charge < -0.3 is 21.1 Å². The molecule has 18 heavy (non-hydrogen) atoms. The molecule has 0 fully saturated rings. The summed E-state index contributed by atoms with van der Waals surface area (Å²) < 4.78 is 4.80. The zero-order valence-corrected chi connectivity index (χ0v) is 11.3. The average molecular weight is 259 g/mol. The summed E-state index contributed by atoms with van der Waals surface area (Å²) in [6.07, 6.45) is 2.90. The molecule has 0 saturated carbocycles. The van der Waals surface area contributed by atoms with E-state index >= 15 is 0 Å². The number of rotatable bonds is 10. The van der Waals surface area contributed by atoms with E-state index in [0.29, 0.717) is 26.1 Å². The van der Waals surface area contributed by atoms with Crippen LogP contribution in [0.3, 0.4) is 0 Å². The van der Waals surface area contributed by atoms with Crippen LogP contribution in [0.5, 0.6) is 0 Å². The Morgan fingerprint density at radius 1 is 1.28 bits per heavy atom. The highest BCUT2D eigenvalue weighted by atomic mass is 16.5. The van der Waals surface area contributed by atoms with E-state index in [0.717, 1.165) is 12.8 Å². The first-order chi connectivity index (χ1) is 8.61. The summed E-state index contributed by atoms with van der Waals surface area (Å²) in [6.45, 7) is 3.34. The molecule has 0 aromatic rings. The molecule has 0 unspecified atom stereocenters. The minimum Gasteiger partial charge on any atom is -0.383 e. The maximum Gasteiger partial charge on any atom is 0.236 e. The van der Waals surface area contributed by atoms with Gasteiger partial charge in [-0.3, -0.25) is 9.59 Å². The number of amides is 2. The molecule has 0 aromatic heterocycles. The average Bonchev–Trinajstić information content (AvgIpc) is 2.36. The van der Waals surface area contributed by atoms with E-state index in [1.54, 1.807) is 7.11 Å². The molecule has 0 aliphatic heterocycles. The number of hydrogen-bond donors (Lipinski definition) is 3. The Morgan fingerprint density at radius 2 is 2.00 bits per heavy atom. The molecule has 6 heteroatoms. The van der Waals surface area contributed by atoms with Gasteiger partial charge in [-0.25, -0.2) is 0 Å². The van der Waals surface area contributed by atoms with Gasteiger partial charge in [-0.1, -0.05) is 19.8 Å². The zero-order valence-electron chi connectivity index (χ0n) is 11.3. The first kappa shape index (κ1) is 16.9. The normalized spacial score (nSPS) is 11.9. The van der Waals surface area contributed by atoms with Gasteiger partial charge in [0.2, 0.25) is 11.8 Å². The van der Waals surface area contributed by atoms with Crippen LogP contribution in [0.2, 0.25) is 0 Å². The van der Waals surface area contributed by atoms with Crippen LogP contribution < -0.4 is 16.4 Å². The number of nitrogens with one attached hydrogen (secondary N) is 2. The quantitative estimate of drug-likeness (QED) is 0.473. The van der Waals surface area contributed by atoms with Crippen LogP contribution in [0.25, 0.3) is 0 Å². The number of unbranched alkanes of at least 4 members (excludes halogenated alkanes) is 1. The fourth-order valence-corrected chi connectivity index (χ4v) is 1.37. The number of nitrogens with two attached hydrogens (primary N) is 1. The number of carbonyl (C=O) groups is 2. The third-order valence-electron chi connectivity index (χ3n) is 2.49. The summed E-state index contributed by atoms with van der Waals surface area (Å²) in [4.78, 5) is 22.8. The summed E-state index contributed by atoms with van der Waals surface area (Å²) in [5.41, 5.74) is 5.69. The second kappa shape index (κ2) is 11.0. The summed E-state index contributed by atoms with van der Waals surface area (Å²) in [5.74, 6) is -0.289. The lowest BCUT2D eigenvalue weighted by atomic mass is 10.1. The van der Waals surface area contributed by atoms with Crippen molar-refractivity contribution in [3.63, 3.8) is 0 Å². The largest absolute Gasteiger partial charge is 0.383 e. The van der Waals surface area contributed by atoms with E-state index in [1.165, 1.54) is 0 Å². The standard InChI is InChI=1S/C12H25N3O3/c1-3-4-5-10(13)12(17)15-7-6-11(16)14-8-9-18-2/h10H,3-9,13H2,1-2H3,(H,14,16)(H,15,17)/t10-/m0/s1. The molecule has 2 amide bonds. The monoisotopic (exact) mass is 259 g/mol. The van der Waals surface area contributed by atoms with E-state index in [1.807, 2.05) is 0 Å². The number of hydrogen-bond acceptors (Lipinski definition) is 4. The van der Waals surface area contributed by atoms with Crippen molar-refractivity contribution in [1.82, 2.24) is 10.6 Å². The van der Waals surface area contributed by atoms with Crippen LogP contribution in [0.1, 0.15) is 32.6 Å². The van der Waals surface area contributed by atoms with E-state index in [4.69, 9.17) is 10.5 Å². The van der Waals surface area contributed by atoms with Crippen molar-refractivity contribution in [3.05, 3.63) is 0 Å². The molecule has 1 atom stereocenters. The van der Waals surface area contributed by atoms with Crippen LogP contribution in [-0.4, -0.2) is 44.7 Å². The Morgan fingerprint density at radius 3 is 2.61 bits per heavy atom. The lowest BCUT2D eigenvalue weighted by Gasteiger charge is -2.11. The number of methoxy groups -OCH3 is 1. The van der Waals surface area contributed by atoms with E-state index in [2.05, 4.69) is 17.6 Å². The summed E-state index contributed by atoms with van der Waals surface area (Å²) in [5, 5.41) is 5.33. The van der Waals surface area contributed by atoms with Crippen LogP contribution in [-0.2, 0) is 14.3 Å². The van der Waals surface area contributed by atoms with E-state index < -0.39 is 6.04 Å². The van der Waals surface area contributed by atoms with Crippen molar-refractivity contribution in [1.29, 1.82) is 0 Å². The Balaban J connectivity index is 3.57. The van der Waals surface area contributed by atoms with Crippen LogP contribution in [0.15, 0.2) is 0 Å². The minimum absolute atomic E-state index is 0.102. The summed E-state index contributed by atoms with van der Waals surface area (Å²) in [7, 11) is 1.57. The van der Waals surface area contributed by atoms with Gasteiger partial charge in [0.15, 0.2) is 0 Å². The van der Waals surface area contributed by atoms with Gasteiger partial charge in [-0.05, 0) is 6.42 Å². The highest BCUT2D eigenvalue weighted by Gasteiger charge is 2.12. The second-order valence-electron chi connectivity index (χ2n) is 4.13. The highest BCUT2D eigenvalue weighted by Crippen LogP contribution is 1.97. The predicted molar refractivity (Wildman–Crippen MR) is 70.0 cm³/mol. The lowest BCUT2D eigenvalue weighted by molar-refractivity contribution is -0.123. The molecule has 0 heterocycles. The molecule has 6 nitrogen and oxygen atoms in total. The Hall–Kier alpha value is -1.14. The first-order valence-corrected chi connectivity index (χ1v) is 6.40. The molecule has 106 valence electrons. The van der Waals surface area contributed by atoms with Gasteiger partial charge in [0.25, 0.3) is 0 Å². The molecule has 0 saturated heterocycles. The molecule has 0 rings (SSSR count). The molecule has 0 aromatic carbocycles.